The highest BCUT2D eigenvalue weighted by atomic mass is 17.1. The second-order valence-electron chi connectivity index (χ2n) is 6.53. The first-order valence-electron chi connectivity index (χ1n) is 8.49. The maximum atomic E-state index is 11.0. The fraction of sp³-hybridized carbons (Fsp3) is 0.938. The van der Waals surface area contributed by atoms with Crippen molar-refractivity contribution in [3.8, 4) is 0 Å². The van der Waals surface area contributed by atoms with Crippen molar-refractivity contribution >= 4 is 5.97 Å². The third-order valence-electron chi connectivity index (χ3n) is 4.63. The summed E-state index contributed by atoms with van der Waals surface area (Å²) in [6.45, 7) is 3.05. The molecule has 0 bridgehead atoms. The Morgan fingerprint density at radius 2 is 1.91 bits per heavy atom. The molecule has 2 aliphatic heterocycles. The van der Waals surface area contributed by atoms with Crippen LogP contribution >= 0.6 is 0 Å². The van der Waals surface area contributed by atoms with Crippen LogP contribution in [-0.4, -0.2) is 54.1 Å². The lowest BCUT2D eigenvalue weighted by Gasteiger charge is -2.33. The number of rotatable bonds is 7. The van der Waals surface area contributed by atoms with E-state index in [0.717, 1.165) is 25.7 Å². The van der Waals surface area contributed by atoms with Crippen LogP contribution in [0.3, 0.4) is 0 Å². The fourth-order valence-corrected chi connectivity index (χ4v) is 3.16. The Kier molecular flexibility index (Phi) is 7.72. The van der Waals surface area contributed by atoms with Gasteiger partial charge in [0.2, 0.25) is 0 Å². The van der Waals surface area contributed by atoms with Crippen LogP contribution in [0, 0.1) is 5.92 Å². The zero-order chi connectivity index (χ0) is 16.7. The zero-order valence-electron chi connectivity index (χ0n) is 13.7. The molecule has 2 heterocycles. The first-order chi connectivity index (χ1) is 11.1. The van der Waals surface area contributed by atoms with Crippen molar-refractivity contribution in [3.05, 3.63) is 0 Å². The average molecular weight is 332 g/mol. The smallest absolute Gasteiger partial charge is 0.342 e. The summed E-state index contributed by atoms with van der Waals surface area (Å²) in [5.74, 6) is -0.253. The largest absolute Gasteiger partial charge is 0.376 e. The number of hydrogen-bond donors (Lipinski definition) is 2. The van der Waals surface area contributed by atoms with Gasteiger partial charge in [-0.3, -0.25) is 0 Å². The van der Waals surface area contributed by atoms with E-state index in [2.05, 4.69) is 11.8 Å². The maximum Gasteiger partial charge on any atom is 0.342 e. The zero-order valence-corrected chi connectivity index (χ0v) is 13.7. The Morgan fingerprint density at radius 1 is 1.13 bits per heavy atom. The Hall–Kier alpha value is -0.730. The second kappa shape index (κ2) is 9.54. The van der Waals surface area contributed by atoms with Crippen molar-refractivity contribution in [3.63, 3.8) is 0 Å². The normalized spacial score (nSPS) is 35.0. The SMILES string of the molecule is CC1CCC(O)OC1COCC1CCCC(CCC(=O)OO)O1. The molecule has 7 heteroatoms. The summed E-state index contributed by atoms with van der Waals surface area (Å²) >= 11 is 0. The predicted molar refractivity (Wildman–Crippen MR) is 80.6 cm³/mol. The minimum absolute atomic E-state index is 0.00289. The van der Waals surface area contributed by atoms with E-state index in [0.29, 0.717) is 32.0 Å². The van der Waals surface area contributed by atoms with Crippen LogP contribution in [-0.2, 0) is 23.9 Å². The van der Waals surface area contributed by atoms with Crippen molar-refractivity contribution in [1.29, 1.82) is 0 Å². The van der Waals surface area contributed by atoms with Crippen molar-refractivity contribution in [1.82, 2.24) is 0 Å². The van der Waals surface area contributed by atoms with Crippen LogP contribution < -0.4 is 0 Å². The molecule has 23 heavy (non-hydrogen) atoms. The Morgan fingerprint density at radius 3 is 2.70 bits per heavy atom. The molecule has 2 aliphatic rings. The molecule has 0 amide bonds. The van der Waals surface area contributed by atoms with Gasteiger partial charge >= 0.3 is 5.97 Å². The van der Waals surface area contributed by atoms with Crippen LogP contribution in [0.15, 0.2) is 0 Å². The van der Waals surface area contributed by atoms with Gasteiger partial charge in [0.1, 0.15) is 0 Å². The van der Waals surface area contributed by atoms with Crippen LogP contribution in [0.2, 0.25) is 0 Å². The van der Waals surface area contributed by atoms with Crippen molar-refractivity contribution in [2.45, 2.75) is 76.5 Å². The number of ether oxygens (including phenoxy) is 3. The van der Waals surface area contributed by atoms with Gasteiger partial charge in [-0.15, -0.1) is 0 Å². The number of aliphatic hydroxyl groups excluding tert-OH is 1. The molecule has 0 aromatic heterocycles. The maximum absolute atomic E-state index is 11.0. The van der Waals surface area contributed by atoms with Gasteiger partial charge in [-0.1, -0.05) is 6.92 Å². The minimum Gasteiger partial charge on any atom is -0.376 e. The van der Waals surface area contributed by atoms with E-state index < -0.39 is 12.3 Å². The number of carbonyl (C=O) groups is 1. The van der Waals surface area contributed by atoms with E-state index in [1.54, 1.807) is 0 Å². The lowest BCUT2D eigenvalue weighted by Crippen LogP contribution is -2.38. The van der Waals surface area contributed by atoms with E-state index in [-0.39, 0.29) is 24.7 Å². The molecule has 0 aliphatic carbocycles. The van der Waals surface area contributed by atoms with E-state index in [1.165, 1.54) is 0 Å². The van der Waals surface area contributed by atoms with Crippen LogP contribution in [0.5, 0.6) is 0 Å². The fourth-order valence-electron chi connectivity index (χ4n) is 3.16. The van der Waals surface area contributed by atoms with Crippen molar-refractivity contribution in [2.75, 3.05) is 13.2 Å². The van der Waals surface area contributed by atoms with Crippen molar-refractivity contribution in [2.24, 2.45) is 5.92 Å². The van der Waals surface area contributed by atoms with E-state index in [1.807, 2.05) is 0 Å². The highest BCUT2D eigenvalue weighted by Crippen LogP contribution is 2.25. The summed E-state index contributed by atoms with van der Waals surface area (Å²) in [7, 11) is 0. The average Bonchev–Trinajstić information content (AvgIpc) is 2.56. The van der Waals surface area contributed by atoms with Gasteiger partial charge in [-0.05, 0) is 44.4 Å². The molecule has 0 saturated carbocycles. The molecule has 0 aromatic carbocycles. The molecule has 0 aromatic rings. The van der Waals surface area contributed by atoms with E-state index >= 15 is 0 Å². The van der Waals surface area contributed by atoms with E-state index in [4.69, 9.17) is 19.5 Å². The first-order valence-corrected chi connectivity index (χ1v) is 8.49. The Bertz CT molecular complexity index is 362. The van der Waals surface area contributed by atoms with Crippen LogP contribution in [0.4, 0.5) is 0 Å². The first kappa shape index (κ1) is 18.6. The topological polar surface area (TPSA) is 94.5 Å². The summed E-state index contributed by atoms with van der Waals surface area (Å²) < 4.78 is 17.1. The molecule has 2 fully saturated rings. The highest BCUT2D eigenvalue weighted by Gasteiger charge is 2.28. The van der Waals surface area contributed by atoms with Gasteiger partial charge in [-0.2, -0.15) is 5.26 Å². The van der Waals surface area contributed by atoms with Crippen molar-refractivity contribution < 1.29 is 34.3 Å². The molecular formula is C16H28O7. The molecule has 2 saturated heterocycles. The van der Waals surface area contributed by atoms with Gasteiger partial charge in [0, 0.05) is 0 Å². The predicted octanol–water partition coefficient (Wildman–Crippen LogP) is 1.87. The third kappa shape index (κ3) is 6.35. The molecular weight excluding hydrogens is 304 g/mol. The highest BCUT2D eigenvalue weighted by molar-refractivity contribution is 5.68. The monoisotopic (exact) mass is 332 g/mol. The molecule has 7 nitrogen and oxygen atoms in total. The number of aliphatic hydroxyl groups is 1. The number of carbonyl (C=O) groups excluding carboxylic acids is 1. The van der Waals surface area contributed by atoms with Crippen LogP contribution in [0.25, 0.3) is 0 Å². The summed E-state index contributed by atoms with van der Waals surface area (Å²) in [5, 5.41) is 17.8. The lowest BCUT2D eigenvalue weighted by atomic mass is 9.96. The van der Waals surface area contributed by atoms with Crippen LogP contribution in [0.1, 0.15) is 51.9 Å². The standard InChI is InChI=1S/C16H28O7/c1-11-5-7-15(17)22-14(11)10-20-9-13-4-2-3-12(21-13)6-8-16(18)23-19/h11-15,17,19H,2-10H2,1H3. The van der Waals surface area contributed by atoms with E-state index in [9.17, 15) is 9.90 Å². The summed E-state index contributed by atoms with van der Waals surface area (Å²) in [6.07, 6.45) is 4.46. The van der Waals surface area contributed by atoms with Gasteiger partial charge in [-0.25, -0.2) is 4.79 Å². The minimum atomic E-state index is -0.679. The molecule has 5 unspecified atom stereocenters. The van der Waals surface area contributed by atoms with Gasteiger partial charge in [0.15, 0.2) is 6.29 Å². The Balaban J connectivity index is 1.64. The number of hydrogen-bond acceptors (Lipinski definition) is 7. The third-order valence-corrected chi connectivity index (χ3v) is 4.63. The van der Waals surface area contributed by atoms with Gasteiger partial charge < -0.3 is 24.2 Å². The summed E-state index contributed by atoms with van der Waals surface area (Å²) in [5.41, 5.74) is 0. The quantitative estimate of drug-likeness (QED) is 0.543. The van der Waals surface area contributed by atoms with Gasteiger partial charge in [0.25, 0.3) is 0 Å². The molecule has 2 rings (SSSR count). The lowest BCUT2D eigenvalue weighted by molar-refractivity contribution is -0.235. The molecule has 2 N–H and O–H groups in total. The molecule has 5 atom stereocenters. The Labute approximate surface area is 136 Å². The second-order valence-corrected chi connectivity index (χ2v) is 6.53. The summed E-state index contributed by atoms with van der Waals surface area (Å²) in [4.78, 5) is 14.6. The molecule has 0 spiro atoms. The molecule has 134 valence electrons. The summed E-state index contributed by atoms with van der Waals surface area (Å²) in [6, 6.07) is 0. The molecule has 0 radical (unpaired) electrons. The van der Waals surface area contributed by atoms with Gasteiger partial charge in [0.05, 0.1) is 37.9 Å².